The molecule has 1 aliphatic rings. The fourth-order valence-corrected chi connectivity index (χ4v) is 4.06. The Morgan fingerprint density at radius 2 is 1.58 bits per heavy atom. The van der Waals surface area contributed by atoms with Crippen molar-refractivity contribution in [2.75, 3.05) is 31.9 Å². The molecule has 166 valence electrons. The van der Waals surface area contributed by atoms with Gasteiger partial charge in [0.05, 0.1) is 16.3 Å². The molecule has 1 saturated heterocycles. The molecule has 2 aromatic rings. The first-order chi connectivity index (χ1) is 14.8. The highest BCUT2D eigenvalue weighted by Crippen LogP contribution is 2.29. The predicted molar refractivity (Wildman–Crippen MR) is 113 cm³/mol. The van der Waals surface area contributed by atoms with Gasteiger partial charge in [0, 0.05) is 38.8 Å². The zero-order valence-corrected chi connectivity index (χ0v) is 17.8. The van der Waals surface area contributed by atoms with E-state index in [0.717, 1.165) is 36.9 Å². The molecule has 0 aliphatic carbocycles. The van der Waals surface area contributed by atoms with Crippen molar-refractivity contribution in [3.63, 3.8) is 0 Å². The molecule has 0 unspecified atom stereocenters. The molecule has 0 radical (unpaired) electrons. The SMILES string of the molecule is O=C(CCCc1ccccc1)N1CCN(C(=O)CSc2ccc(C(F)(F)F)cn2)CC1. The van der Waals surface area contributed by atoms with Gasteiger partial charge in [-0.05, 0) is 30.5 Å². The van der Waals surface area contributed by atoms with Crippen molar-refractivity contribution >= 4 is 23.6 Å². The number of nitrogens with zero attached hydrogens (tertiary/aromatic N) is 3. The highest BCUT2D eigenvalue weighted by Gasteiger charge is 2.30. The molecule has 5 nitrogen and oxygen atoms in total. The number of hydrogen-bond acceptors (Lipinski definition) is 4. The average molecular weight is 452 g/mol. The standard InChI is InChI=1S/C22H24F3N3O2S/c23-22(24,25)18-9-10-19(26-15-18)31-16-21(30)28-13-11-27(12-14-28)20(29)8-4-7-17-5-2-1-3-6-17/h1-3,5-6,9-10,15H,4,7-8,11-14,16H2. The van der Waals surface area contributed by atoms with Crippen molar-refractivity contribution in [3.8, 4) is 0 Å². The Balaban J connectivity index is 1.36. The first-order valence-corrected chi connectivity index (χ1v) is 11.1. The summed E-state index contributed by atoms with van der Waals surface area (Å²) >= 11 is 1.11. The summed E-state index contributed by atoms with van der Waals surface area (Å²) in [7, 11) is 0. The normalized spacial score (nSPS) is 14.5. The zero-order valence-electron chi connectivity index (χ0n) is 17.0. The predicted octanol–water partition coefficient (Wildman–Crippen LogP) is 3.89. The Kier molecular flexibility index (Phi) is 7.95. The van der Waals surface area contributed by atoms with Gasteiger partial charge >= 0.3 is 6.18 Å². The average Bonchev–Trinajstić information content (AvgIpc) is 2.78. The number of hydrogen-bond donors (Lipinski definition) is 0. The molecule has 0 bridgehead atoms. The van der Waals surface area contributed by atoms with Crippen molar-refractivity contribution in [3.05, 3.63) is 59.8 Å². The lowest BCUT2D eigenvalue weighted by molar-refractivity contribution is -0.138. The topological polar surface area (TPSA) is 53.5 Å². The van der Waals surface area contributed by atoms with Gasteiger partial charge in [0.2, 0.25) is 11.8 Å². The minimum Gasteiger partial charge on any atom is -0.339 e. The molecular weight excluding hydrogens is 427 g/mol. The Bertz CT molecular complexity index is 868. The van der Waals surface area contributed by atoms with Crippen LogP contribution in [0.4, 0.5) is 13.2 Å². The van der Waals surface area contributed by atoms with Crippen LogP contribution in [0, 0.1) is 0 Å². The van der Waals surface area contributed by atoms with Crippen LogP contribution < -0.4 is 0 Å². The maximum Gasteiger partial charge on any atom is 0.417 e. The smallest absolute Gasteiger partial charge is 0.339 e. The van der Waals surface area contributed by atoms with Crippen LogP contribution >= 0.6 is 11.8 Å². The first kappa shape index (κ1) is 23.1. The molecule has 1 aromatic heterocycles. The third-order valence-electron chi connectivity index (χ3n) is 5.09. The van der Waals surface area contributed by atoms with E-state index in [1.54, 1.807) is 9.80 Å². The van der Waals surface area contributed by atoms with Crippen LogP contribution in [0.25, 0.3) is 0 Å². The number of rotatable bonds is 7. The number of benzene rings is 1. The van der Waals surface area contributed by atoms with Crippen LogP contribution in [0.15, 0.2) is 53.7 Å². The molecule has 1 aromatic carbocycles. The van der Waals surface area contributed by atoms with Gasteiger partial charge in [0.15, 0.2) is 0 Å². The van der Waals surface area contributed by atoms with Crippen molar-refractivity contribution in [2.24, 2.45) is 0 Å². The summed E-state index contributed by atoms with van der Waals surface area (Å²) in [6.07, 6.45) is -1.52. The molecule has 1 fully saturated rings. The summed E-state index contributed by atoms with van der Waals surface area (Å²) < 4.78 is 37.7. The number of pyridine rings is 1. The zero-order chi connectivity index (χ0) is 22.3. The van der Waals surface area contributed by atoms with E-state index in [1.807, 2.05) is 30.3 Å². The van der Waals surface area contributed by atoms with Crippen LogP contribution in [0.5, 0.6) is 0 Å². The largest absolute Gasteiger partial charge is 0.417 e. The molecule has 0 N–H and O–H groups in total. The van der Waals surface area contributed by atoms with E-state index in [9.17, 15) is 22.8 Å². The lowest BCUT2D eigenvalue weighted by Gasteiger charge is -2.34. The molecule has 2 amide bonds. The minimum atomic E-state index is -4.43. The summed E-state index contributed by atoms with van der Waals surface area (Å²) in [5, 5.41) is 0.369. The van der Waals surface area contributed by atoms with Crippen LogP contribution in [0.3, 0.4) is 0 Å². The van der Waals surface area contributed by atoms with Gasteiger partial charge in [-0.3, -0.25) is 9.59 Å². The van der Waals surface area contributed by atoms with E-state index in [1.165, 1.54) is 11.6 Å². The van der Waals surface area contributed by atoms with Crippen LogP contribution in [-0.2, 0) is 22.2 Å². The molecule has 31 heavy (non-hydrogen) atoms. The van der Waals surface area contributed by atoms with Crippen LogP contribution in [-0.4, -0.2) is 58.5 Å². The molecule has 9 heteroatoms. The third kappa shape index (κ3) is 6.99. The second kappa shape index (κ2) is 10.7. The monoisotopic (exact) mass is 451 g/mol. The van der Waals surface area contributed by atoms with Gasteiger partial charge in [-0.2, -0.15) is 13.2 Å². The number of halogens is 3. The van der Waals surface area contributed by atoms with Gasteiger partial charge in [-0.15, -0.1) is 0 Å². The number of aryl methyl sites for hydroxylation is 1. The van der Waals surface area contributed by atoms with Gasteiger partial charge < -0.3 is 9.80 Å². The van der Waals surface area contributed by atoms with Crippen molar-refractivity contribution in [2.45, 2.75) is 30.5 Å². The van der Waals surface area contributed by atoms with Gasteiger partial charge in [0.1, 0.15) is 0 Å². The lowest BCUT2D eigenvalue weighted by atomic mass is 10.1. The van der Waals surface area contributed by atoms with E-state index in [0.29, 0.717) is 37.6 Å². The highest BCUT2D eigenvalue weighted by molar-refractivity contribution is 7.99. The number of piperazine rings is 1. The summed E-state index contributed by atoms with van der Waals surface area (Å²) in [6.45, 7) is 1.92. The molecule has 0 atom stereocenters. The van der Waals surface area contributed by atoms with Gasteiger partial charge in [0.25, 0.3) is 0 Å². The van der Waals surface area contributed by atoms with Gasteiger partial charge in [-0.25, -0.2) is 4.98 Å². The Morgan fingerprint density at radius 1 is 0.935 bits per heavy atom. The fraction of sp³-hybridized carbons (Fsp3) is 0.409. The van der Waals surface area contributed by atoms with E-state index in [2.05, 4.69) is 4.98 Å². The number of amides is 2. The van der Waals surface area contributed by atoms with E-state index >= 15 is 0 Å². The maximum absolute atomic E-state index is 12.6. The molecule has 1 aliphatic heterocycles. The number of aromatic nitrogens is 1. The Labute approximate surface area is 183 Å². The van der Waals surface area contributed by atoms with E-state index < -0.39 is 11.7 Å². The summed E-state index contributed by atoms with van der Waals surface area (Å²) in [4.78, 5) is 32.0. The second-order valence-corrected chi connectivity index (χ2v) is 8.27. The maximum atomic E-state index is 12.6. The van der Waals surface area contributed by atoms with Crippen molar-refractivity contribution < 1.29 is 22.8 Å². The van der Waals surface area contributed by atoms with Crippen molar-refractivity contribution in [1.29, 1.82) is 0 Å². The minimum absolute atomic E-state index is 0.101. The molecular formula is C22H24F3N3O2S. The second-order valence-electron chi connectivity index (χ2n) is 7.27. The van der Waals surface area contributed by atoms with Crippen LogP contribution in [0.2, 0.25) is 0 Å². The number of carbonyl (C=O) groups is 2. The molecule has 2 heterocycles. The summed E-state index contributed by atoms with van der Waals surface area (Å²) in [6, 6.07) is 12.3. The summed E-state index contributed by atoms with van der Waals surface area (Å²) in [5.41, 5.74) is 0.401. The number of carbonyl (C=O) groups excluding carboxylic acids is 2. The number of thioether (sulfide) groups is 1. The number of alkyl halides is 3. The quantitative estimate of drug-likeness (QED) is 0.600. The first-order valence-electron chi connectivity index (χ1n) is 10.1. The highest BCUT2D eigenvalue weighted by atomic mass is 32.2. The van der Waals surface area contributed by atoms with Crippen molar-refractivity contribution in [1.82, 2.24) is 14.8 Å². The molecule has 0 saturated carbocycles. The summed E-state index contributed by atoms with van der Waals surface area (Å²) in [5.74, 6) is 0.0952. The fourth-order valence-electron chi connectivity index (χ4n) is 3.31. The van der Waals surface area contributed by atoms with E-state index in [4.69, 9.17) is 0 Å². The van der Waals surface area contributed by atoms with Gasteiger partial charge in [-0.1, -0.05) is 42.1 Å². The molecule has 0 spiro atoms. The Morgan fingerprint density at radius 3 is 2.16 bits per heavy atom. The third-order valence-corrected chi connectivity index (χ3v) is 6.02. The Hall–Kier alpha value is -2.55. The van der Waals surface area contributed by atoms with E-state index in [-0.39, 0.29) is 17.6 Å². The lowest BCUT2D eigenvalue weighted by Crippen LogP contribution is -2.51. The molecule has 3 rings (SSSR count). The van der Waals surface area contributed by atoms with Crippen LogP contribution in [0.1, 0.15) is 24.0 Å².